The van der Waals surface area contributed by atoms with Crippen LogP contribution in [0.5, 0.6) is 0 Å². The normalized spacial score (nSPS) is 18.5. The molecule has 1 atom stereocenters. The molecule has 1 heterocycles. The van der Waals surface area contributed by atoms with Crippen LogP contribution in [0.15, 0.2) is 54.7 Å². The topological polar surface area (TPSA) is 22.0 Å². The van der Waals surface area contributed by atoms with Gasteiger partial charge >= 0.3 is 0 Å². The van der Waals surface area contributed by atoms with E-state index in [2.05, 4.69) is 29.0 Å². The second kappa shape index (κ2) is 5.86. The first-order chi connectivity index (χ1) is 11.3. The SMILES string of the molecule is O=C1CCCCC1c1cn(-c2ccccc2)c2cccc(Cl)c12. The summed E-state index contributed by atoms with van der Waals surface area (Å²) >= 11 is 6.51. The largest absolute Gasteiger partial charge is 0.316 e. The molecule has 0 N–H and O–H groups in total. The zero-order valence-electron chi connectivity index (χ0n) is 12.8. The Kier molecular flexibility index (Phi) is 3.70. The van der Waals surface area contributed by atoms with Crippen LogP contribution in [0.25, 0.3) is 16.6 Å². The van der Waals surface area contributed by atoms with Crippen molar-refractivity contribution in [3.8, 4) is 5.69 Å². The molecule has 1 saturated carbocycles. The highest BCUT2D eigenvalue weighted by Crippen LogP contribution is 2.39. The number of aromatic nitrogens is 1. The Morgan fingerprint density at radius 3 is 2.61 bits per heavy atom. The lowest BCUT2D eigenvalue weighted by molar-refractivity contribution is -0.121. The number of carbonyl (C=O) groups is 1. The van der Waals surface area contributed by atoms with E-state index in [0.29, 0.717) is 12.2 Å². The van der Waals surface area contributed by atoms with E-state index in [4.69, 9.17) is 11.6 Å². The van der Waals surface area contributed by atoms with Crippen molar-refractivity contribution in [2.45, 2.75) is 31.6 Å². The Hall–Kier alpha value is -2.06. The van der Waals surface area contributed by atoms with Crippen molar-refractivity contribution in [2.75, 3.05) is 0 Å². The average molecular weight is 324 g/mol. The number of nitrogens with zero attached hydrogens (tertiary/aromatic N) is 1. The molecule has 4 rings (SSSR count). The maximum atomic E-state index is 12.4. The van der Waals surface area contributed by atoms with Crippen molar-refractivity contribution in [2.24, 2.45) is 0 Å². The van der Waals surface area contributed by atoms with Gasteiger partial charge in [0, 0.05) is 29.6 Å². The van der Waals surface area contributed by atoms with Crippen LogP contribution < -0.4 is 0 Å². The molecule has 1 aromatic heterocycles. The number of rotatable bonds is 2. The summed E-state index contributed by atoms with van der Waals surface area (Å²) in [7, 11) is 0. The highest BCUT2D eigenvalue weighted by molar-refractivity contribution is 6.36. The third kappa shape index (κ3) is 2.47. The van der Waals surface area contributed by atoms with Gasteiger partial charge in [-0.05, 0) is 42.7 Å². The average Bonchev–Trinajstić information content (AvgIpc) is 2.97. The summed E-state index contributed by atoms with van der Waals surface area (Å²) in [4.78, 5) is 12.4. The molecule has 2 nitrogen and oxygen atoms in total. The van der Waals surface area contributed by atoms with E-state index in [1.807, 2.05) is 30.3 Å². The number of halogens is 1. The number of hydrogen-bond acceptors (Lipinski definition) is 1. The number of para-hydroxylation sites is 1. The lowest BCUT2D eigenvalue weighted by Crippen LogP contribution is -2.16. The monoisotopic (exact) mass is 323 g/mol. The summed E-state index contributed by atoms with van der Waals surface area (Å²) in [5.41, 5.74) is 3.24. The van der Waals surface area contributed by atoms with Gasteiger partial charge in [-0.3, -0.25) is 4.79 Å². The second-order valence-corrected chi connectivity index (χ2v) is 6.60. The third-order valence-electron chi connectivity index (χ3n) is 4.77. The van der Waals surface area contributed by atoms with Crippen molar-refractivity contribution in [1.82, 2.24) is 4.57 Å². The second-order valence-electron chi connectivity index (χ2n) is 6.19. The minimum Gasteiger partial charge on any atom is -0.316 e. The van der Waals surface area contributed by atoms with Gasteiger partial charge in [0.2, 0.25) is 0 Å². The van der Waals surface area contributed by atoms with E-state index >= 15 is 0 Å². The van der Waals surface area contributed by atoms with E-state index in [-0.39, 0.29) is 5.92 Å². The fraction of sp³-hybridized carbons (Fsp3) is 0.250. The summed E-state index contributed by atoms with van der Waals surface area (Å²) in [5, 5.41) is 1.75. The highest BCUT2D eigenvalue weighted by atomic mass is 35.5. The number of benzene rings is 2. The first-order valence-electron chi connectivity index (χ1n) is 8.13. The molecule has 116 valence electrons. The first kappa shape index (κ1) is 14.5. The van der Waals surface area contributed by atoms with Gasteiger partial charge in [0.25, 0.3) is 0 Å². The predicted octanol–water partition coefficient (Wildman–Crippen LogP) is 5.51. The quantitative estimate of drug-likeness (QED) is 0.609. The van der Waals surface area contributed by atoms with Crippen LogP contribution >= 0.6 is 11.6 Å². The molecule has 0 radical (unpaired) electrons. The molecule has 0 bridgehead atoms. The third-order valence-corrected chi connectivity index (χ3v) is 5.09. The Labute approximate surface area is 140 Å². The number of Topliss-reactive ketones (excluding diaryl/α,β-unsaturated/α-hetero) is 1. The molecule has 1 unspecified atom stereocenters. The molecule has 3 aromatic rings. The molecule has 1 aliphatic rings. The van der Waals surface area contributed by atoms with Gasteiger partial charge in [-0.2, -0.15) is 0 Å². The number of fused-ring (bicyclic) bond motifs is 1. The van der Waals surface area contributed by atoms with Crippen molar-refractivity contribution in [1.29, 1.82) is 0 Å². The van der Waals surface area contributed by atoms with Gasteiger partial charge in [-0.1, -0.05) is 42.3 Å². The minimum atomic E-state index is -0.0175. The molecule has 0 aliphatic heterocycles. The van der Waals surface area contributed by atoms with Gasteiger partial charge < -0.3 is 4.57 Å². The minimum absolute atomic E-state index is 0.0175. The van der Waals surface area contributed by atoms with Crippen LogP contribution in [0.4, 0.5) is 0 Å². The summed E-state index contributed by atoms with van der Waals surface area (Å²) < 4.78 is 2.15. The first-order valence-corrected chi connectivity index (χ1v) is 8.51. The van der Waals surface area contributed by atoms with Crippen LogP contribution in [0.2, 0.25) is 5.02 Å². The maximum absolute atomic E-state index is 12.4. The number of carbonyl (C=O) groups excluding carboxylic acids is 1. The summed E-state index contributed by atoms with van der Waals surface area (Å²) in [5.74, 6) is 0.333. The van der Waals surface area contributed by atoms with Crippen LogP contribution in [0.3, 0.4) is 0 Å². The van der Waals surface area contributed by atoms with Crippen LogP contribution in [0, 0.1) is 0 Å². The number of hydrogen-bond donors (Lipinski definition) is 0. The fourth-order valence-electron chi connectivity index (χ4n) is 3.65. The molecule has 3 heteroatoms. The Bertz CT molecular complexity index is 866. The molecule has 0 saturated heterocycles. The zero-order chi connectivity index (χ0) is 15.8. The molecular formula is C20H18ClNO. The molecule has 2 aromatic carbocycles. The maximum Gasteiger partial charge on any atom is 0.140 e. The summed E-state index contributed by atoms with van der Waals surface area (Å²) in [6.45, 7) is 0. The van der Waals surface area contributed by atoms with E-state index in [9.17, 15) is 4.79 Å². The van der Waals surface area contributed by atoms with Crippen molar-refractivity contribution in [3.63, 3.8) is 0 Å². The van der Waals surface area contributed by atoms with E-state index in [0.717, 1.165) is 46.4 Å². The van der Waals surface area contributed by atoms with Crippen molar-refractivity contribution >= 4 is 28.3 Å². The van der Waals surface area contributed by atoms with Gasteiger partial charge in [-0.15, -0.1) is 0 Å². The highest BCUT2D eigenvalue weighted by Gasteiger charge is 2.28. The Morgan fingerprint density at radius 1 is 1.00 bits per heavy atom. The van der Waals surface area contributed by atoms with Gasteiger partial charge in [0.1, 0.15) is 5.78 Å². The molecular weight excluding hydrogens is 306 g/mol. The van der Waals surface area contributed by atoms with Crippen LogP contribution in [0.1, 0.15) is 37.2 Å². The van der Waals surface area contributed by atoms with E-state index in [1.165, 1.54) is 0 Å². The molecule has 1 aliphatic carbocycles. The van der Waals surface area contributed by atoms with E-state index in [1.54, 1.807) is 0 Å². The molecule has 23 heavy (non-hydrogen) atoms. The molecule has 0 amide bonds. The summed E-state index contributed by atoms with van der Waals surface area (Å²) in [6, 6.07) is 16.2. The lowest BCUT2D eigenvalue weighted by Gasteiger charge is -2.20. The summed E-state index contributed by atoms with van der Waals surface area (Å²) in [6.07, 6.45) is 5.85. The standard InChI is InChI=1S/C20H18ClNO/c21-17-10-6-11-18-20(17)16(15-9-4-5-12-19(15)23)13-22(18)14-7-2-1-3-8-14/h1-3,6-8,10-11,13,15H,4-5,9,12H2. The Morgan fingerprint density at radius 2 is 1.83 bits per heavy atom. The van der Waals surface area contributed by atoms with Gasteiger partial charge in [-0.25, -0.2) is 0 Å². The van der Waals surface area contributed by atoms with Crippen LogP contribution in [-0.2, 0) is 4.79 Å². The smallest absolute Gasteiger partial charge is 0.140 e. The van der Waals surface area contributed by atoms with Crippen molar-refractivity contribution < 1.29 is 4.79 Å². The van der Waals surface area contributed by atoms with Gasteiger partial charge in [0.05, 0.1) is 10.5 Å². The van der Waals surface area contributed by atoms with E-state index < -0.39 is 0 Å². The Balaban J connectivity index is 1.96. The fourth-order valence-corrected chi connectivity index (χ4v) is 3.93. The zero-order valence-corrected chi connectivity index (χ0v) is 13.6. The van der Waals surface area contributed by atoms with Crippen molar-refractivity contribution in [3.05, 3.63) is 65.3 Å². The van der Waals surface area contributed by atoms with Crippen LogP contribution in [-0.4, -0.2) is 10.4 Å². The predicted molar refractivity (Wildman–Crippen MR) is 94.5 cm³/mol. The van der Waals surface area contributed by atoms with Gasteiger partial charge in [0.15, 0.2) is 0 Å². The lowest BCUT2D eigenvalue weighted by atomic mass is 9.83. The molecule has 0 spiro atoms. The number of ketones is 1. The molecule has 1 fully saturated rings.